The van der Waals surface area contributed by atoms with Crippen LogP contribution in [0.4, 0.5) is 4.39 Å². The van der Waals surface area contributed by atoms with Crippen LogP contribution in [0.1, 0.15) is 22.6 Å². The number of hydrogen-bond donors (Lipinski definition) is 0. The molecule has 0 saturated carbocycles. The zero-order valence-corrected chi connectivity index (χ0v) is 13.0. The third-order valence-corrected chi connectivity index (χ3v) is 4.40. The first-order chi connectivity index (χ1) is 9.11. The molecular weight excluding hydrogens is 327 g/mol. The van der Waals surface area contributed by atoms with Crippen molar-refractivity contribution in [3.05, 3.63) is 69.4 Å². The summed E-state index contributed by atoms with van der Waals surface area (Å²) in [6.45, 7) is 1.93. The van der Waals surface area contributed by atoms with Gasteiger partial charge in [0.15, 0.2) is 0 Å². The van der Waals surface area contributed by atoms with Gasteiger partial charge in [-0.05, 0) is 48.2 Å². The van der Waals surface area contributed by atoms with E-state index in [2.05, 4.69) is 22.0 Å². The molecule has 3 heteroatoms. The molecule has 0 saturated heterocycles. The summed E-state index contributed by atoms with van der Waals surface area (Å²) in [6.07, 6.45) is 0.818. The van der Waals surface area contributed by atoms with E-state index in [1.807, 2.05) is 31.2 Å². The molecule has 0 N–H and O–H groups in total. The Morgan fingerprint density at radius 3 is 2.58 bits per heavy atom. The molecule has 0 aliphatic rings. The summed E-state index contributed by atoms with van der Waals surface area (Å²) < 4.78 is 14.2. The van der Waals surface area contributed by atoms with Gasteiger partial charge in [0.2, 0.25) is 0 Å². The van der Waals surface area contributed by atoms with Gasteiger partial charge in [-0.2, -0.15) is 0 Å². The van der Waals surface area contributed by atoms with Crippen molar-refractivity contribution in [2.24, 2.45) is 0 Å². The molecule has 2 rings (SSSR count). The van der Waals surface area contributed by atoms with E-state index in [1.54, 1.807) is 6.07 Å². The molecule has 0 spiro atoms. The summed E-state index contributed by atoms with van der Waals surface area (Å²) in [5.74, 6) is 0.574. The number of hydrogen-bond acceptors (Lipinski definition) is 0. The van der Waals surface area contributed by atoms with Crippen molar-refractivity contribution in [3.8, 4) is 0 Å². The van der Waals surface area contributed by atoms with Gasteiger partial charge in [-0.3, -0.25) is 0 Å². The third-order valence-electron chi connectivity index (χ3n) is 3.30. The van der Waals surface area contributed by atoms with Crippen molar-refractivity contribution in [2.75, 3.05) is 5.88 Å². The lowest BCUT2D eigenvalue weighted by Gasteiger charge is -2.17. The molecule has 0 aliphatic carbocycles. The van der Waals surface area contributed by atoms with Crippen molar-refractivity contribution >= 4 is 27.5 Å². The highest BCUT2D eigenvalue weighted by Crippen LogP contribution is 2.29. The van der Waals surface area contributed by atoms with E-state index >= 15 is 0 Å². The molecule has 0 amide bonds. The van der Waals surface area contributed by atoms with Crippen molar-refractivity contribution in [3.63, 3.8) is 0 Å². The Morgan fingerprint density at radius 2 is 1.95 bits per heavy atom. The van der Waals surface area contributed by atoms with Crippen LogP contribution < -0.4 is 0 Å². The first-order valence-electron chi connectivity index (χ1n) is 6.17. The van der Waals surface area contributed by atoms with Crippen LogP contribution in [-0.4, -0.2) is 5.88 Å². The maximum Gasteiger partial charge on any atom is 0.123 e. The zero-order valence-electron chi connectivity index (χ0n) is 10.7. The molecule has 2 aromatic carbocycles. The third kappa shape index (κ3) is 3.58. The van der Waals surface area contributed by atoms with Gasteiger partial charge in [0.1, 0.15) is 5.82 Å². The summed E-state index contributed by atoms with van der Waals surface area (Å²) in [7, 11) is 0. The van der Waals surface area contributed by atoms with Gasteiger partial charge in [0, 0.05) is 16.3 Å². The Labute approximate surface area is 126 Å². The maximum absolute atomic E-state index is 13.1. The molecule has 0 heterocycles. The van der Waals surface area contributed by atoms with Crippen molar-refractivity contribution < 1.29 is 4.39 Å². The van der Waals surface area contributed by atoms with E-state index in [-0.39, 0.29) is 11.7 Å². The molecule has 1 atom stereocenters. The Bertz CT molecular complexity index is 568. The van der Waals surface area contributed by atoms with Gasteiger partial charge < -0.3 is 0 Å². The van der Waals surface area contributed by atoms with E-state index in [4.69, 9.17) is 11.6 Å². The van der Waals surface area contributed by atoms with Gasteiger partial charge in [0.25, 0.3) is 0 Å². The molecule has 2 aromatic rings. The van der Waals surface area contributed by atoms with Crippen LogP contribution in [0.2, 0.25) is 0 Å². The normalized spacial score (nSPS) is 12.4. The quantitative estimate of drug-likeness (QED) is 0.648. The molecule has 100 valence electrons. The lowest BCUT2D eigenvalue weighted by Crippen LogP contribution is -2.07. The molecule has 0 bridgehead atoms. The van der Waals surface area contributed by atoms with E-state index < -0.39 is 0 Å². The van der Waals surface area contributed by atoms with Crippen LogP contribution in [0.15, 0.2) is 46.9 Å². The molecule has 0 aromatic heterocycles. The monoisotopic (exact) mass is 340 g/mol. The highest BCUT2D eigenvalue weighted by atomic mass is 79.9. The van der Waals surface area contributed by atoms with E-state index in [1.165, 1.54) is 11.6 Å². The fraction of sp³-hybridized carbons (Fsp3) is 0.250. The molecule has 0 nitrogen and oxygen atoms in total. The Hall–Kier alpha value is -0.860. The standard InChI is InChI=1S/C16H15BrClF/c1-11-8-14(19)7-6-12(11)9-13(10-18)15-4-2-3-5-16(15)17/h2-8,13H,9-10H2,1H3. The molecular formula is C16H15BrClF. The summed E-state index contributed by atoms with van der Waals surface area (Å²) in [5, 5.41) is 0. The first kappa shape index (κ1) is 14.5. The van der Waals surface area contributed by atoms with Crippen LogP contribution in [-0.2, 0) is 6.42 Å². The van der Waals surface area contributed by atoms with Gasteiger partial charge in [-0.25, -0.2) is 4.39 Å². The van der Waals surface area contributed by atoms with Crippen LogP contribution in [0.5, 0.6) is 0 Å². The number of halogens is 3. The molecule has 0 fully saturated rings. The van der Waals surface area contributed by atoms with Crippen molar-refractivity contribution in [2.45, 2.75) is 19.3 Å². The predicted molar refractivity (Wildman–Crippen MR) is 82.4 cm³/mol. The minimum absolute atomic E-state index is 0.190. The van der Waals surface area contributed by atoms with E-state index in [9.17, 15) is 4.39 Å². The zero-order chi connectivity index (χ0) is 13.8. The lowest BCUT2D eigenvalue weighted by molar-refractivity contribution is 0.624. The number of rotatable bonds is 4. The first-order valence-corrected chi connectivity index (χ1v) is 7.50. The minimum Gasteiger partial charge on any atom is -0.207 e. The van der Waals surface area contributed by atoms with Crippen LogP contribution in [0.25, 0.3) is 0 Å². The fourth-order valence-corrected chi connectivity index (χ4v) is 3.09. The lowest BCUT2D eigenvalue weighted by atomic mass is 9.91. The Balaban J connectivity index is 2.27. The summed E-state index contributed by atoms with van der Waals surface area (Å²) >= 11 is 9.68. The summed E-state index contributed by atoms with van der Waals surface area (Å²) in [6, 6.07) is 13.0. The van der Waals surface area contributed by atoms with Gasteiger partial charge in [-0.1, -0.05) is 40.2 Å². The second-order valence-corrected chi connectivity index (χ2v) is 5.81. The smallest absolute Gasteiger partial charge is 0.123 e. The SMILES string of the molecule is Cc1cc(F)ccc1CC(CCl)c1ccccc1Br. The largest absolute Gasteiger partial charge is 0.207 e. The molecule has 1 unspecified atom stereocenters. The van der Waals surface area contributed by atoms with Crippen LogP contribution in [0.3, 0.4) is 0 Å². The average molecular weight is 342 g/mol. The fourth-order valence-electron chi connectivity index (χ4n) is 2.21. The average Bonchev–Trinajstić information content (AvgIpc) is 2.39. The minimum atomic E-state index is -0.190. The summed E-state index contributed by atoms with van der Waals surface area (Å²) in [4.78, 5) is 0. The predicted octanol–water partition coefficient (Wildman–Crippen LogP) is 5.46. The van der Waals surface area contributed by atoms with Crippen molar-refractivity contribution in [1.82, 2.24) is 0 Å². The second-order valence-electron chi connectivity index (χ2n) is 4.65. The Morgan fingerprint density at radius 1 is 1.21 bits per heavy atom. The number of aryl methyl sites for hydroxylation is 1. The van der Waals surface area contributed by atoms with Crippen LogP contribution >= 0.6 is 27.5 Å². The van der Waals surface area contributed by atoms with Crippen molar-refractivity contribution in [1.29, 1.82) is 0 Å². The topological polar surface area (TPSA) is 0 Å². The van der Waals surface area contributed by atoms with E-state index in [0.29, 0.717) is 5.88 Å². The number of benzene rings is 2. The summed E-state index contributed by atoms with van der Waals surface area (Å²) in [5.41, 5.74) is 3.31. The molecule has 19 heavy (non-hydrogen) atoms. The van der Waals surface area contributed by atoms with Gasteiger partial charge >= 0.3 is 0 Å². The highest BCUT2D eigenvalue weighted by Gasteiger charge is 2.15. The molecule has 0 aliphatic heterocycles. The number of alkyl halides is 1. The second kappa shape index (κ2) is 6.53. The van der Waals surface area contributed by atoms with Gasteiger partial charge in [-0.15, -0.1) is 11.6 Å². The maximum atomic E-state index is 13.1. The van der Waals surface area contributed by atoms with E-state index in [0.717, 1.165) is 22.0 Å². The van der Waals surface area contributed by atoms with Gasteiger partial charge in [0.05, 0.1) is 0 Å². The molecule has 0 radical (unpaired) electrons. The van der Waals surface area contributed by atoms with Crippen LogP contribution in [0, 0.1) is 12.7 Å². The highest BCUT2D eigenvalue weighted by molar-refractivity contribution is 9.10. The Kier molecular flexibility index (Phi) is 5.00.